The van der Waals surface area contributed by atoms with Crippen molar-refractivity contribution in [2.75, 3.05) is 0 Å². The Morgan fingerprint density at radius 2 is 1.21 bits per heavy atom. The predicted octanol–water partition coefficient (Wildman–Crippen LogP) is 7.29. The molecule has 5 heterocycles. The first kappa shape index (κ1) is 27.4. The van der Waals surface area contributed by atoms with E-state index in [4.69, 9.17) is 0 Å². The number of hydrogen-bond acceptors (Lipinski definition) is 3. The molecule has 0 aliphatic carbocycles. The summed E-state index contributed by atoms with van der Waals surface area (Å²) in [6.07, 6.45) is 11.6. The van der Waals surface area contributed by atoms with Gasteiger partial charge in [-0.1, -0.05) is 60.7 Å². The Balaban J connectivity index is 0.000000162. The van der Waals surface area contributed by atoms with Gasteiger partial charge < -0.3 is 13.4 Å². The van der Waals surface area contributed by atoms with Gasteiger partial charge in [0.25, 0.3) is 5.56 Å². The molecule has 0 spiro atoms. The molecule has 0 amide bonds. The van der Waals surface area contributed by atoms with E-state index in [2.05, 4.69) is 95.6 Å². The Hall–Kier alpha value is -4.75. The lowest BCUT2D eigenvalue weighted by Crippen LogP contribution is -2.18. The number of halogens is 1. The smallest absolute Gasteiger partial charge is 0.253 e. The van der Waals surface area contributed by atoms with E-state index in [9.17, 15) is 4.79 Å². The summed E-state index contributed by atoms with van der Waals surface area (Å²) in [5.41, 5.74) is 9.70. The minimum Gasteiger partial charge on any atom is -0.318 e. The lowest BCUT2D eigenvalue weighted by atomic mass is 10.1. The summed E-state index contributed by atoms with van der Waals surface area (Å²) in [4.78, 5) is 20.8. The fourth-order valence-corrected chi connectivity index (χ4v) is 5.45. The van der Waals surface area contributed by atoms with E-state index in [0.717, 1.165) is 51.0 Å². The number of fused-ring (bicyclic) bond motifs is 2. The van der Waals surface area contributed by atoms with Crippen molar-refractivity contribution in [1.82, 2.24) is 23.3 Å². The zero-order chi connectivity index (χ0) is 29.1. The van der Waals surface area contributed by atoms with Crippen molar-refractivity contribution >= 4 is 27.2 Å². The molecular weight excluding hydrogens is 586 g/mol. The number of nitrogens with zero attached hydrogens (tertiary/aromatic N) is 5. The summed E-state index contributed by atoms with van der Waals surface area (Å²) < 4.78 is 6.95. The monoisotopic (exact) mass is 615 g/mol. The molecule has 42 heavy (non-hydrogen) atoms. The van der Waals surface area contributed by atoms with Gasteiger partial charge in [0.2, 0.25) is 0 Å². The zero-order valence-electron chi connectivity index (χ0n) is 23.5. The van der Waals surface area contributed by atoms with Gasteiger partial charge in [-0.2, -0.15) is 0 Å². The third-order valence-corrected chi connectivity index (χ3v) is 7.75. The summed E-state index contributed by atoms with van der Waals surface area (Å²) >= 11 is 3.49. The number of rotatable bonds is 5. The van der Waals surface area contributed by atoms with Crippen molar-refractivity contribution in [3.63, 3.8) is 0 Å². The van der Waals surface area contributed by atoms with Crippen LogP contribution in [0.2, 0.25) is 0 Å². The van der Waals surface area contributed by atoms with E-state index in [1.165, 1.54) is 16.8 Å². The maximum atomic E-state index is 11.9. The Labute approximate surface area is 252 Å². The number of aryl methyl sites for hydroxylation is 2. The fraction of sp³-hybridized carbons (Fsp3) is 0.114. The molecule has 7 rings (SSSR count). The van der Waals surface area contributed by atoms with Gasteiger partial charge >= 0.3 is 0 Å². The molecule has 5 aromatic heterocycles. The average molecular weight is 617 g/mol. The molecule has 6 nitrogen and oxygen atoms in total. The molecular formula is C35H30BrN5O. The number of hydrogen-bond donors (Lipinski definition) is 0. The molecule has 0 aliphatic heterocycles. The van der Waals surface area contributed by atoms with Crippen LogP contribution in [0.3, 0.4) is 0 Å². The van der Waals surface area contributed by atoms with Crippen molar-refractivity contribution in [1.29, 1.82) is 0 Å². The number of benzene rings is 2. The van der Waals surface area contributed by atoms with Crippen molar-refractivity contribution in [3.8, 4) is 11.1 Å². The second-order valence-electron chi connectivity index (χ2n) is 10.4. The van der Waals surface area contributed by atoms with Crippen LogP contribution in [0.5, 0.6) is 0 Å². The first-order chi connectivity index (χ1) is 20.4. The fourth-order valence-electron chi connectivity index (χ4n) is 5.11. The molecule has 0 saturated heterocycles. The van der Waals surface area contributed by atoms with E-state index in [1.807, 2.05) is 68.0 Å². The highest BCUT2D eigenvalue weighted by Gasteiger charge is 2.09. The van der Waals surface area contributed by atoms with Crippen molar-refractivity contribution in [2.24, 2.45) is 7.05 Å². The molecule has 7 aromatic rings. The second-order valence-corrected chi connectivity index (χ2v) is 11.3. The molecule has 0 unspecified atom stereocenters. The Morgan fingerprint density at radius 3 is 1.79 bits per heavy atom. The topological polar surface area (TPSA) is 56.6 Å². The largest absolute Gasteiger partial charge is 0.318 e. The van der Waals surface area contributed by atoms with Gasteiger partial charge in [-0.3, -0.25) is 4.79 Å². The molecule has 0 fully saturated rings. The molecule has 0 atom stereocenters. The first-order valence-corrected chi connectivity index (χ1v) is 14.6. The standard InChI is InChI=1S/C21H19N3O.C14H11BrN2/c1-15-10-18(13-23(2)21(15)25)17-8-9-20-22-12-19(24(20)14-17)11-16-6-4-3-5-7-16;15-12-6-7-14-16-9-13(17(14)10-12)8-11-4-2-1-3-5-11/h3-10,12-14H,11H2,1-2H3;1-7,9-10H,8H2. The van der Waals surface area contributed by atoms with E-state index in [-0.39, 0.29) is 5.56 Å². The normalized spacial score (nSPS) is 11.0. The lowest BCUT2D eigenvalue weighted by Gasteiger charge is -2.08. The molecule has 0 radical (unpaired) electrons. The predicted molar refractivity (Wildman–Crippen MR) is 172 cm³/mol. The summed E-state index contributed by atoms with van der Waals surface area (Å²) in [6, 6.07) is 30.8. The number of pyridine rings is 3. The molecule has 0 saturated carbocycles. The Kier molecular flexibility index (Phi) is 7.84. The highest BCUT2D eigenvalue weighted by Crippen LogP contribution is 2.22. The van der Waals surface area contributed by atoms with Gasteiger partial charge in [0.15, 0.2) is 0 Å². The molecule has 7 heteroatoms. The lowest BCUT2D eigenvalue weighted by molar-refractivity contribution is 0.850. The van der Waals surface area contributed by atoms with Crippen LogP contribution in [0.4, 0.5) is 0 Å². The maximum Gasteiger partial charge on any atom is 0.253 e. The summed E-state index contributed by atoms with van der Waals surface area (Å²) in [6.45, 7) is 1.85. The molecule has 0 N–H and O–H groups in total. The highest BCUT2D eigenvalue weighted by molar-refractivity contribution is 9.10. The first-order valence-electron chi connectivity index (χ1n) is 13.8. The summed E-state index contributed by atoms with van der Waals surface area (Å²) in [5.74, 6) is 0. The minimum absolute atomic E-state index is 0.0391. The molecule has 208 valence electrons. The van der Waals surface area contributed by atoms with Crippen molar-refractivity contribution < 1.29 is 0 Å². The van der Waals surface area contributed by atoms with Gasteiger partial charge in [-0.25, -0.2) is 9.97 Å². The highest BCUT2D eigenvalue weighted by atomic mass is 79.9. The van der Waals surface area contributed by atoms with Crippen LogP contribution in [-0.2, 0) is 19.9 Å². The molecule has 0 aliphatic rings. The Morgan fingerprint density at radius 1 is 0.667 bits per heavy atom. The van der Waals surface area contributed by atoms with Crippen LogP contribution >= 0.6 is 15.9 Å². The van der Waals surface area contributed by atoms with Crippen LogP contribution < -0.4 is 5.56 Å². The van der Waals surface area contributed by atoms with Gasteiger partial charge in [-0.05, 0) is 75.4 Å². The van der Waals surface area contributed by atoms with Gasteiger partial charge in [-0.15, -0.1) is 0 Å². The van der Waals surface area contributed by atoms with Gasteiger partial charge in [0, 0.05) is 72.3 Å². The number of aromatic nitrogens is 5. The maximum absolute atomic E-state index is 11.9. The van der Waals surface area contributed by atoms with E-state index < -0.39 is 0 Å². The van der Waals surface area contributed by atoms with Crippen molar-refractivity contribution in [2.45, 2.75) is 19.8 Å². The van der Waals surface area contributed by atoms with Crippen LogP contribution in [0.25, 0.3) is 22.4 Å². The van der Waals surface area contributed by atoms with Crippen LogP contribution in [-0.4, -0.2) is 23.3 Å². The third kappa shape index (κ3) is 5.97. The van der Waals surface area contributed by atoms with Crippen LogP contribution in [0.1, 0.15) is 28.1 Å². The summed E-state index contributed by atoms with van der Waals surface area (Å²) in [5, 5.41) is 0. The quantitative estimate of drug-likeness (QED) is 0.204. The van der Waals surface area contributed by atoms with Crippen molar-refractivity contribution in [3.05, 3.63) is 165 Å². The van der Waals surface area contributed by atoms with E-state index >= 15 is 0 Å². The number of imidazole rings is 2. The SMILES string of the molecule is Brc1ccc2ncc(Cc3ccccc3)n2c1.Cc1cc(-c2ccc3ncc(Cc4ccccc4)n3c2)cn(C)c1=O. The van der Waals surface area contributed by atoms with Gasteiger partial charge in [0.05, 0.1) is 0 Å². The molecule has 0 bridgehead atoms. The second kappa shape index (κ2) is 12.0. The van der Waals surface area contributed by atoms with Crippen LogP contribution in [0, 0.1) is 6.92 Å². The third-order valence-electron chi connectivity index (χ3n) is 7.28. The summed E-state index contributed by atoms with van der Waals surface area (Å²) in [7, 11) is 1.79. The Bertz CT molecular complexity index is 2020. The van der Waals surface area contributed by atoms with Gasteiger partial charge in [0.1, 0.15) is 11.3 Å². The minimum atomic E-state index is 0.0391. The van der Waals surface area contributed by atoms with E-state index in [1.54, 1.807) is 11.6 Å². The zero-order valence-corrected chi connectivity index (χ0v) is 25.1. The van der Waals surface area contributed by atoms with Crippen LogP contribution in [0.15, 0.2) is 131 Å². The molecule has 2 aromatic carbocycles. The van der Waals surface area contributed by atoms with E-state index in [0.29, 0.717) is 0 Å². The average Bonchev–Trinajstić information content (AvgIpc) is 3.60.